The zero-order valence-electron chi connectivity index (χ0n) is 9.98. The molecule has 20 heavy (non-hydrogen) atoms. The maximum Gasteiger partial charge on any atom is 0.175 e. The van der Waals surface area contributed by atoms with Gasteiger partial charge in [-0.1, -0.05) is 46.0 Å². The Kier molecular flexibility index (Phi) is 4.60. The number of ether oxygens (including phenoxy) is 1. The lowest BCUT2D eigenvalue weighted by molar-refractivity contribution is 0.318. The topological polar surface area (TPSA) is 67.8 Å². The smallest absolute Gasteiger partial charge is 0.175 e. The maximum absolute atomic E-state index is 8.80. The Morgan fingerprint density at radius 3 is 2.50 bits per heavy atom. The van der Waals surface area contributed by atoms with Gasteiger partial charge in [-0.05, 0) is 24.3 Å². The molecule has 7 heteroatoms. The van der Waals surface area contributed by atoms with Gasteiger partial charge in [-0.3, -0.25) is 0 Å². The summed E-state index contributed by atoms with van der Waals surface area (Å²) in [6.45, 7) is 0. The maximum atomic E-state index is 8.80. The van der Waals surface area contributed by atoms with Crippen LogP contribution in [0.3, 0.4) is 0 Å². The molecule has 2 aromatic carbocycles. The highest BCUT2D eigenvalue weighted by Gasteiger charge is 2.15. The standard InChI is InChI=1S/C13H9Cl3N2O2/c14-7-4-5-8(15)11(6-7)20-10-3-1-2-9(16)12(10)13(17)18-19/h1-6,19H,(H2,17,18). The van der Waals surface area contributed by atoms with E-state index in [1.54, 1.807) is 36.4 Å². The van der Waals surface area contributed by atoms with Crippen molar-refractivity contribution in [3.05, 3.63) is 57.0 Å². The van der Waals surface area contributed by atoms with Gasteiger partial charge in [-0.25, -0.2) is 0 Å². The van der Waals surface area contributed by atoms with Crippen molar-refractivity contribution >= 4 is 40.6 Å². The molecule has 104 valence electrons. The molecule has 0 amide bonds. The third-order valence-corrected chi connectivity index (χ3v) is 3.31. The second-order valence-corrected chi connectivity index (χ2v) is 5.03. The molecule has 0 radical (unpaired) electrons. The number of halogens is 3. The van der Waals surface area contributed by atoms with Gasteiger partial charge >= 0.3 is 0 Å². The van der Waals surface area contributed by atoms with Gasteiger partial charge in [0.05, 0.1) is 15.6 Å². The van der Waals surface area contributed by atoms with Crippen LogP contribution in [-0.4, -0.2) is 11.0 Å². The van der Waals surface area contributed by atoms with Crippen molar-refractivity contribution in [3.8, 4) is 11.5 Å². The molecule has 2 aromatic rings. The molecule has 0 heterocycles. The molecular formula is C13H9Cl3N2O2. The summed E-state index contributed by atoms with van der Waals surface area (Å²) in [5.41, 5.74) is 5.87. The molecule has 0 atom stereocenters. The van der Waals surface area contributed by atoms with Gasteiger partial charge in [0, 0.05) is 11.1 Å². The largest absolute Gasteiger partial charge is 0.455 e. The Morgan fingerprint density at radius 2 is 1.80 bits per heavy atom. The monoisotopic (exact) mass is 330 g/mol. The van der Waals surface area contributed by atoms with Crippen LogP contribution in [0.1, 0.15) is 5.56 Å². The van der Waals surface area contributed by atoms with Crippen LogP contribution in [0.15, 0.2) is 41.6 Å². The molecule has 0 bridgehead atoms. The Labute approximate surface area is 130 Å². The predicted molar refractivity (Wildman–Crippen MR) is 80.5 cm³/mol. The first kappa shape index (κ1) is 14.8. The number of benzene rings is 2. The second-order valence-electron chi connectivity index (χ2n) is 3.78. The van der Waals surface area contributed by atoms with Crippen molar-refractivity contribution in [2.75, 3.05) is 0 Å². The van der Waals surface area contributed by atoms with E-state index in [2.05, 4.69) is 5.16 Å². The molecule has 0 unspecified atom stereocenters. The average molecular weight is 332 g/mol. The van der Waals surface area contributed by atoms with Crippen LogP contribution in [0.5, 0.6) is 11.5 Å². The van der Waals surface area contributed by atoms with Crippen molar-refractivity contribution in [1.29, 1.82) is 0 Å². The first-order chi connectivity index (χ1) is 9.52. The van der Waals surface area contributed by atoms with Gasteiger partial charge in [0.25, 0.3) is 0 Å². The summed E-state index contributed by atoms with van der Waals surface area (Å²) in [4.78, 5) is 0. The van der Waals surface area contributed by atoms with Gasteiger partial charge < -0.3 is 15.7 Å². The molecular weight excluding hydrogens is 323 g/mol. The van der Waals surface area contributed by atoms with Crippen molar-refractivity contribution < 1.29 is 9.94 Å². The van der Waals surface area contributed by atoms with Crippen LogP contribution in [0, 0.1) is 0 Å². The first-order valence-electron chi connectivity index (χ1n) is 5.42. The minimum absolute atomic E-state index is 0.163. The number of nitrogens with two attached hydrogens (primary N) is 1. The molecule has 0 saturated carbocycles. The molecule has 0 saturated heterocycles. The predicted octanol–water partition coefficient (Wildman–Crippen LogP) is 4.53. The number of nitrogens with zero attached hydrogens (tertiary/aromatic N) is 1. The highest BCUT2D eigenvalue weighted by molar-refractivity contribution is 6.35. The first-order valence-corrected chi connectivity index (χ1v) is 6.55. The van der Waals surface area contributed by atoms with Crippen LogP contribution in [0.2, 0.25) is 15.1 Å². The van der Waals surface area contributed by atoms with Gasteiger partial charge in [-0.15, -0.1) is 0 Å². The van der Waals surface area contributed by atoms with Gasteiger partial charge in [0.15, 0.2) is 5.84 Å². The Bertz CT molecular complexity index is 675. The van der Waals surface area contributed by atoms with Gasteiger partial charge in [0.2, 0.25) is 0 Å². The Morgan fingerprint density at radius 1 is 1.05 bits per heavy atom. The molecule has 0 aromatic heterocycles. The van der Waals surface area contributed by atoms with E-state index in [1.165, 1.54) is 0 Å². The third kappa shape index (κ3) is 3.10. The number of rotatable bonds is 3. The third-order valence-electron chi connectivity index (χ3n) is 2.45. The number of oxime groups is 1. The zero-order valence-corrected chi connectivity index (χ0v) is 12.2. The minimum Gasteiger partial charge on any atom is -0.455 e. The van der Waals surface area contributed by atoms with E-state index in [-0.39, 0.29) is 16.4 Å². The quantitative estimate of drug-likeness (QED) is 0.376. The highest BCUT2D eigenvalue weighted by atomic mass is 35.5. The molecule has 0 fully saturated rings. The lowest BCUT2D eigenvalue weighted by Crippen LogP contribution is -2.14. The van der Waals surface area contributed by atoms with E-state index in [4.69, 9.17) is 50.5 Å². The number of hydrogen-bond acceptors (Lipinski definition) is 3. The summed E-state index contributed by atoms with van der Waals surface area (Å²) in [7, 11) is 0. The molecule has 3 N–H and O–H groups in total. The SMILES string of the molecule is NC(=NO)c1c(Cl)cccc1Oc1cc(Cl)ccc1Cl. The van der Waals surface area contributed by atoms with Crippen LogP contribution in [0.4, 0.5) is 0 Å². The summed E-state index contributed by atoms with van der Waals surface area (Å²) in [5, 5.41) is 12.9. The average Bonchev–Trinajstić information content (AvgIpc) is 2.42. The summed E-state index contributed by atoms with van der Waals surface area (Å²) < 4.78 is 5.65. The van der Waals surface area contributed by atoms with Crippen molar-refractivity contribution in [3.63, 3.8) is 0 Å². The van der Waals surface area contributed by atoms with Crippen molar-refractivity contribution in [1.82, 2.24) is 0 Å². The van der Waals surface area contributed by atoms with Crippen LogP contribution in [-0.2, 0) is 0 Å². The highest BCUT2D eigenvalue weighted by Crippen LogP contribution is 2.35. The number of amidine groups is 1. The van der Waals surface area contributed by atoms with E-state index in [1.807, 2.05) is 0 Å². The van der Waals surface area contributed by atoms with Crippen LogP contribution < -0.4 is 10.5 Å². The molecule has 0 aliphatic heterocycles. The Balaban J connectivity index is 2.49. The van der Waals surface area contributed by atoms with E-state index in [0.717, 1.165) is 0 Å². The summed E-state index contributed by atoms with van der Waals surface area (Å²) in [6.07, 6.45) is 0. The van der Waals surface area contributed by atoms with Crippen LogP contribution >= 0.6 is 34.8 Å². The summed E-state index contributed by atoms with van der Waals surface area (Å²) >= 11 is 17.9. The molecule has 0 aliphatic rings. The zero-order chi connectivity index (χ0) is 14.7. The summed E-state index contributed by atoms with van der Waals surface area (Å²) in [5.74, 6) is 0.481. The van der Waals surface area contributed by atoms with E-state index >= 15 is 0 Å². The van der Waals surface area contributed by atoms with Gasteiger partial charge in [-0.2, -0.15) is 0 Å². The van der Waals surface area contributed by atoms with E-state index < -0.39 is 0 Å². The fourth-order valence-corrected chi connectivity index (χ4v) is 2.14. The minimum atomic E-state index is -0.163. The van der Waals surface area contributed by atoms with Crippen molar-refractivity contribution in [2.24, 2.45) is 10.9 Å². The lowest BCUT2D eigenvalue weighted by atomic mass is 10.2. The normalized spacial score (nSPS) is 11.4. The van der Waals surface area contributed by atoms with E-state index in [0.29, 0.717) is 21.5 Å². The molecule has 0 aliphatic carbocycles. The van der Waals surface area contributed by atoms with Crippen molar-refractivity contribution in [2.45, 2.75) is 0 Å². The molecule has 2 rings (SSSR count). The lowest BCUT2D eigenvalue weighted by Gasteiger charge is -2.12. The summed E-state index contributed by atoms with van der Waals surface area (Å²) in [6, 6.07) is 9.69. The molecule has 4 nitrogen and oxygen atoms in total. The molecule has 0 spiro atoms. The number of hydrogen-bond donors (Lipinski definition) is 2. The second kappa shape index (κ2) is 6.22. The fourth-order valence-electron chi connectivity index (χ4n) is 1.56. The Hall–Kier alpha value is -1.62. The fraction of sp³-hybridized carbons (Fsp3) is 0. The van der Waals surface area contributed by atoms with Crippen LogP contribution in [0.25, 0.3) is 0 Å². The van der Waals surface area contributed by atoms with E-state index in [9.17, 15) is 0 Å². The van der Waals surface area contributed by atoms with Gasteiger partial charge in [0.1, 0.15) is 11.5 Å².